The molecule has 4 nitrogen and oxygen atoms in total. The smallest absolute Gasteiger partial charge is 0.310 e. The zero-order valence-corrected chi connectivity index (χ0v) is 14.2. The van der Waals surface area contributed by atoms with Gasteiger partial charge in [0.25, 0.3) is 0 Å². The van der Waals surface area contributed by atoms with Crippen molar-refractivity contribution < 1.29 is 14.7 Å². The van der Waals surface area contributed by atoms with E-state index in [-0.39, 0.29) is 23.3 Å². The van der Waals surface area contributed by atoms with E-state index in [4.69, 9.17) is 0 Å². The molecule has 0 aromatic carbocycles. The van der Waals surface area contributed by atoms with Gasteiger partial charge in [-0.3, -0.25) is 9.59 Å². The molecule has 1 amide bonds. The van der Waals surface area contributed by atoms with E-state index in [0.29, 0.717) is 12.8 Å². The van der Waals surface area contributed by atoms with Gasteiger partial charge in [0.05, 0.1) is 5.41 Å². The molecule has 1 aliphatic carbocycles. The van der Waals surface area contributed by atoms with E-state index in [0.717, 1.165) is 25.7 Å². The number of carboxylic acids is 1. The first-order valence-corrected chi connectivity index (χ1v) is 8.00. The minimum Gasteiger partial charge on any atom is -0.481 e. The average molecular weight is 297 g/mol. The maximum Gasteiger partial charge on any atom is 0.310 e. The highest BCUT2D eigenvalue weighted by Gasteiger charge is 2.42. The summed E-state index contributed by atoms with van der Waals surface area (Å²) in [5.74, 6) is -0.945. The maximum absolute atomic E-state index is 12.3. The monoisotopic (exact) mass is 297 g/mol. The number of carbonyl (C=O) groups excluding carboxylic acids is 1. The molecule has 122 valence electrons. The molecule has 0 aromatic rings. The fraction of sp³-hybridized carbons (Fsp3) is 0.882. The Bertz CT molecular complexity index is 387. The van der Waals surface area contributed by atoms with Crippen molar-refractivity contribution in [2.24, 2.45) is 10.8 Å². The van der Waals surface area contributed by atoms with Gasteiger partial charge in [0.1, 0.15) is 0 Å². The molecular weight excluding hydrogens is 266 g/mol. The fourth-order valence-electron chi connectivity index (χ4n) is 3.79. The summed E-state index contributed by atoms with van der Waals surface area (Å²) in [6.07, 6.45) is 5.09. The normalized spacial score (nSPS) is 19.1. The third-order valence-electron chi connectivity index (χ3n) is 4.21. The molecule has 0 aromatic heterocycles. The fourth-order valence-corrected chi connectivity index (χ4v) is 3.79. The van der Waals surface area contributed by atoms with E-state index in [9.17, 15) is 14.7 Å². The van der Waals surface area contributed by atoms with Gasteiger partial charge in [-0.15, -0.1) is 0 Å². The second-order valence-corrected chi connectivity index (χ2v) is 8.49. The number of rotatable bonds is 5. The molecule has 1 aliphatic rings. The lowest BCUT2D eigenvalue weighted by molar-refractivity contribution is -0.154. The number of nitrogens with one attached hydrogen (secondary N) is 1. The molecule has 0 aliphatic heterocycles. The summed E-state index contributed by atoms with van der Waals surface area (Å²) in [5.41, 5.74) is -1.05. The van der Waals surface area contributed by atoms with Crippen molar-refractivity contribution in [3.8, 4) is 0 Å². The standard InChI is InChI=1S/C17H31NO3/c1-15(2,3)12-16(4,5)18-13(19)11-17(14(20)21)9-7-6-8-10-17/h6-12H2,1-5H3,(H,18,19)(H,20,21). The van der Waals surface area contributed by atoms with E-state index in [1.165, 1.54) is 0 Å². The first-order valence-electron chi connectivity index (χ1n) is 8.00. The lowest BCUT2D eigenvalue weighted by atomic mass is 9.71. The Balaban J connectivity index is 2.68. The maximum atomic E-state index is 12.3. The summed E-state index contributed by atoms with van der Waals surface area (Å²) in [6, 6.07) is 0. The van der Waals surface area contributed by atoms with Gasteiger partial charge in [0.2, 0.25) is 5.91 Å². The van der Waals surface area contributed by atoms with Gasteiger partial charge < -0.3 is 10.4 Å². The minimum absolute atomic E-state index is 0.107. The molecule has 0 saturated heterocycles. The van der Waals surface area contributed by atoms with Crippen LogP contribution in [0.2, 0.25) is 0 Å². The van der Waals surface area contributed by atoms with Crippen molar-refractivity contribution >= 4 is 11.9 Å². The van der Waals surface area contributed by atoms with Crippen molar-refractivity contribution in [2.75, 3.05) is 0 Å². The SMILES string of the molecule is CC(C)(C)CC(C)(C)NC(=O)CC1(C(=O)O)CCCCC1. The van der Waals surface area contributed by atoms with Crippen LogP contribution in [-0.4, -0.2) is 22.5 Å². The van der Waals surface area contributed by atoms with Crippen molar-refractivity contribution in [3.63, 3.8) is 0 Å². The van der Waals surface area contributed by atoms with Gasteiger partial charge in [-0.2, -0.15) is 0 Å². The van der Waals surface area contributed by atoms with Gasteiger partial charge in [-0.05, 0) is 38.5 Å². The Labute approximate surface area is 128 Å². The molecule has 0 spiro atoms. The van der Waals surface area contributed by atoms with Crippen molar-refractivity contribution in [3.05, 3.63) is 0 Å². The summed E-state index contributed by atoms with van der Waals surface area (Å²) in [5, 5.41) is 12.6. The Morgan fingerprint density at radius 3 is 2.00 bits per heavy atom. The van der Waals surface area contributed by atoms with Crippen LogP contribution in [0.3, 0.4) is 0 Å². The predicted molar refractivity (Wildman–Crippen MR) is 84.1 cm³/mol. The number of hydrogen-bond acceptors (Lipinski definition) is 2. The van der Waals surface area contributed by atoms with Gasteiger partial charge in [0, 0.05) is 12.0 Å². The molecule has 0 heterocycles. The first kappa shape index (κ1) is 18.0. The summed E-state index contributed by atoms with van der Waals surface area (Å²) >= 11 is 0. The molecule has 4 heteroatoms. The van der Waals surface area contributed by atoms with E-state index < -0.39 is 11.4 Å². The highest BCUT2D eigenvalue weighted by Crippen LogP contribution is 2.40. The second-order valence-electron chi connectivity index (χ2n) is 8.49. The number of amides is 1. The third-order valence-corrected chi connectivity index (χ3v) is 4.21. The van der Waals surface area contributed by atoms with Crippen LogP contribution < -0.4 is 5.32 Å². The Hall–Kier alpha value is -1.06. The third kappa shape index (κ3) is 5.68. The van der Waals surface area contributed by atoms with Gasteiger partial charge in [0.15, 0.2) is 0 Å². The van der Waals surface area contributed by atoms with Crippen LogP contribution in [-0.2, 0) is 9.59 Å². The predicted octanol–water partition coefficient (Wildman–Crippen LogP) is 3.74. The van der Waals surface area contributed by atoms with Crippen molar-refractivity contribution in [1.29, 1.82) is 0 Å². The van der Waals surface area contributed by atoms with Gasteiger partial charge >= 0.3 is 5.97 Å². The van der Waals surface area contributed by atoms with E-state index in [1.807, 2.05) is 13.8 Å². The van der Waals surface area contributed by atoms with E-state index >= 15 is 0 Å². The van der Waals surface area contributed by atoms with Crippen LogP contribution in [0.5, 0.6) is 0 Å². The number of carbonyl (C=O) groups is 2. The van der Waals surface area contributed by atoms with Crippen LogP contribution in [0, 0.1) is 10.8 Å². The molecule has 21 heavy (non-hydrogen) atoms. The number of hydrogen-bond donors (Lipinski definition) is 2. The summed E-state index contributed by atoms with van der Waals surface area (Å²) < 4.78 is 0. The lowest BCUT2D eigenvalue weighted by Gasteiger charge is -2.36. The summed E-state index contributed by atoms with van der Waals surface area (Å²) in [4.78, 5) is 24.0. The highest BCUT2D eigenvalue weighted by molar-refractivity contribution is 5.85. The van der Waals surface area contributed by atoms with Crippen LogP contribution in [0.15, 0.2) is 0 Å². The topological polar surface area (TPSA) is 66.4 Å². The van der Waals surface area contributed by atoms with Crippen molar-refractivity contribution in [1.82, 2.24) is 5.32 Å². The quantitative estimate of drug-likeness (QED) is 0.812. The molecular formula is C17H31NO3. The summed E-state index contributed by atoms with van der Waals surface area (Å²) in [7, 11) is 0. The lowest BCUT2D eigenvalue weighted by Crippen LogP contribution is -2.48. The van der Waals surface area contributed by atoms with E-state index in [1.54, 1.807) is 0 Å². The largest absolute Gasteiger partial charge is 0.481 e. The zero-order valence-electron chi connectivity index (χ0n) is 14.2. The minimum atomic E-state index is -0.847. The van der Waals surface area contributed by atoms with Gasteiger partial charge in [-0.25, -0.2) is 0 Å². The Morgan fingerprint density at radius 1 is 1.05 bits per heavy atom. The van der Waals surface area contributed by atoms with E-state index in [2.05, 4.69) is 26.1 Å². The molecule has 0 radical (unpaired) electrons. The van der Waals surface area contributed by atoms with Crippen LogP contribution >= 0.6 is 0 Å². The van der Waals surface area contributed by atoms with Crippen LogP contribution in [0.4, 0.5) is 0 Å². The summed E-state index contributed by atoms with van der Waals surface area (Å²) in [6.45, 7) is 10.4. The first-order chi connectivity index (χ1) is 9.46. The second kappa shape index (κ2) is 6.37. The molecule has 1 saturated carbocycles. The number of carboxylic acid groups (broad SMARTS) is 1. The number of aliphatic carboxylic acids is 1. The molecule has 0 bridgehead atoms. The molecule has 0 atom stereocenters. The Morgan fingerprint density at radius 2 is 1.57 bits per heavy atom. The average Bonchev–Trinajstić information content (AvgIpc) is 2.25. The molecule has 1 fully saturated rings. The molecule has 2 N–H and O–H groups in total. The highest BCUT2D eigenvalue weighted by atomic mass is 16.4. The molecule has 1 rings (SSSR count). The molecule has 0 unspecified atom stereocenters. The van der Waals surface area contributed by atoms with Crippen LogP contribution in [0.1, 0.15) is 79.6 Å². The van der Waals surface area contributed by atoms with Crippen LogP contribution in [0.25, 0.3) is 0 Å². The van der Waals surface area contributed by atoms with Gasteiger partial charge in [-0.1, -0.05) is 40.0 Å². The van der Waals surface area contributed by atoms with Crippen molar-refractivity contribution in [2.45, 2.75) is 85.1 Å². The Kier molecular flexibility index (Phi) is 5.46. The zero-order chi connectivity index (χ0) is 16.3.